The van der Waals surface area contributed by atoms with Crippen LogP contribution in [0.15, 0.2) is 18.3 Å². The monoisotopic (exact) mass is 225 g/mol. The zero-order chi connectivity index (χ0) is 10.5. The van der Waals surface area contributed by atoms with Crippen molar-refractivity contribution in [3.63, 3.8) is 0 Å². The maximum Gasteiger partial charge on any atom is 0.214 e. The number of pyridine rings is 1. The third-order valence-corrected chi connectivity index (χ3v) is 3.12. The molecule has 15 heavy (non-hydrogen) atoms. The molecule has 2 nitrogen and oxygen atoms in total. The summed E-state index contributed by atoms with van der Waals surface area (Å²) in [5, 5.41) is 0.684. The van der Waals surface area contributed by atoms with Crippen molar-refractivity contribution < 1.29 is 4.74 Å². The summed E-state index contributed by atoms with van der Waals surface area (Å²) in [7, 11) is 0. The summed E-state index contributed by atoms with van der Waals surface area (Å²) in [6.45, 7) is 0.785. The van der Waals surface area contributed by atoms with Gasteiger partial charge in [-0.3, -0.25) is 0 Å². The first-order valence-corrected chi connectivity index (χ1v) is 5.97. The van der Waals surface area contributed by atoms with E-state index in [1.54, 1.807) is 18.3 Å². The minimum absolute atomic E-state index is 0.646. The average Bonchev–Trinajstić information content (AvgIpc) is 2.28. The Balaban J connectivity index is 1.81. The Hall–Kier alpha value is -0.760. The predicted octanol–water partition coefficient (Wildman–Crippen LogP) is 3.69. The van der Waals surface area contributed by atoms with Crippen LogP contribution in [0.1, 0.15) is 32.1 Å². The SMILES string of the molecule is Clc1ccnc(OCC2CCCCC2)c1. The largest absolute Gasteiger partial charge is 0.477 e. The number of hydrogen-bond donors (Lipinski definition) is 0. The molecule has 0 amide bonds. The van der Waals surface area contributed by atoms with Gasteiger partial charge in [-0.1, -0.05) is 30.9 Å². The molecule has 2 rings (SSSR count). The summed E-state index contributed by atoms with van der Waals surface area (Å²) >= 11 is 5.85. The molecular weight excluding hydrogens is 210 g/mol. The number of nitrogens with zero attached hydrogens (tertiary/aromatic N) is 1. The fourth-order valence-electron chi connectivity index (χ4n) is 2.02. The van der Waals surface area contributed by atoms with Crippen molar-refractivity contribution in [3.05, 3.63) is 23.4 Å². The van der Waals surface area contributed by atoms with Gasteiger partial charge in [-0.05, 0) is 24.8 Å². The fraction of sp³-hybridized carbons (Fsp3) is 0.583. The zero-order valence-electron chi connectivity index (χ0n) is 8.79. The quantitative estimate of drug-likeness (QED) is 0.783. The topological polar surface area (TPSA) is 22.1 Å². The first-order chi connectivity index (χ1) is 7.34. The normalized spacial score (nSPS) is 17.7. The highest BCUT2D eigenvalue weighted by molar-refractivity contribution is 6.30. The van der Waals surface area contributed by atoms with Gasteiger partial charge in [0.05, 0.1) is 6.61 Å². The lowest BCUT2D eigenvalue weighted by molar-refractivity contribution is 0.203. The molecule has 0 saturated heterocycles. The van der Waals surface area contributed by atoms with Crippen LogP contribution in [0.3, 0.4) is 0 Å². The molecular formula is C12H16ClNO. The predicted molar refractivity (Wildman–Crippen MR) is 61.3 cm³/mol. The minimum Gasteiger partial charge on any atom is -0.477 e. The van der Waals surface area contributed by atoms with Gasteiger partial charge in [0.25, 0.3) is 0 Å². The molecule has 0 bridgehead atoms. The molecule has 1 aliphatic rings. The second kappa shape index (κ2) is 5.36. The smallest absolute Gasteiger partial charge is 0.214 e. The van der Waals surface area contributed by atoms with Crippen LogP contribution < -0.4 is 4.74 Å². The standard InChI is InChI=1S/C12H16ClNO/c13-11-6-7-14-12(8-11)15-9-10-4-2-1-3-5-10/h6-8,10H,1-5,9H2. The van der Waals surface area contributed by atoms with Gasteiger partial charge < -0.3 is 4.74 Å². The van der Waals surface area contributed by atoms with Gasteiger partial charge in [-0.25, -0.2) is 4.98 Å². The molecule has 1 saturated carbocycles. The molecule has 1 aromatic rings. The van der Waals surface area contributed by atoms with Crippen LogP contribution in [0.5, 0.6) is 5.88 Å². The van der Waals surface area contributed by atoms with E-state index in [4.69, 9.17) is 16.3 Å². The summed E-state index contributed by atoms with van der Waals surface area (Å²) in [6.07, 6.45) is 8.33. The van der Waals surface area contributed by atoms with E-state index in [9.17, 15) is 0 Å². The van der Waals surface area contributed by atoms with Crippen molar-refractivity contribution in [2.24, 2.45) is 5.92 Å². The lowest BCUT2D eigenvalue weighted by Crippen LogP contribution is -2.15. The molecule has 0 aromatic carbocycles. The molecule has 0 N–H and O–H groups in total. The van der Waals surface area contributed by atoms with Crippen LogP contribution >= 0.6 is 11.6 Å². The first kappa shape index (κ1) is 10.7. The molecule has 0 radical (unpaired) electrons. The zero-order valence-corrected chi connectivity index (χ0v) is 9.54. The highest BCUT2D eigenvalue weighted by atomic mass is 35.5. The van der Waals surface area contributed by atoms with Crippen LogP contribution in [0.2, 0.25) is 5.02 Å². The molecule has 1 aromatic heterocycles. The Morgan fingerprint density at radius 1 is 1.33 bits per heavy atom. The minimum atomic E-state index is 0.646. The third-order valence-electron chi connectivity index (χ3n) is 2.89. The van der Waals surface area contributed by atoms with Gasteiger partial charge >= 0.3 is 0 Å². The lowest BCUT2D eigenvalue weighted by Gasteiger charge is -2.21. The molecule has 1 heterocycles. The maximum absolute atomic E-state index is 5.85. The summed E-state index contributed by atoms with van der Waals surface area (Å²) in [5.41, 5.74) is 0. The molecule has 1 aliphatic carbocycles. The highest BCUT2D eigenvalue weighted by Gasteiger charge is 2.14. The van der Waals surface area contributed by atoms with E-state index in [2.05, 4.69) is 4.98 Å². The van der Waals surface area contributed by atoms with E-state index >= 15 is 0 Å². The summed E-state index contributed by atoms with van der Waals surface area (Å²) in [6, 6.07) is 3.53. The Kier molecular flexibility index (Phi) is 3.84. The number of rotatable bonds is 3. The van der Waals surface area contributed by atoms with Crippen molar-refractivity contribution in [2.45, 2.75) is 32.1 Å². The van der Waals surface area contributed by atoms with E-state index in [1.807, 2.05) is 0 Å². The molecule has 0 atom stereocenters. The summed E-state index contributed by atoms with van der Waals surface area (Å²) < 4.78 is 5.63. The van der Waals surface area contributed by atoms with Gasteiger partial charge in [-0.15, -0.1) is 0 Å². The Labute approximate surface area is 95.6 Å². The molecule has 0 aliphatic heterocycles. The van der Waals surface area contributed by atoms with Gasteiger partial charge in [-0.2, -0.15) is 0 Å². The Bertz CT molecular complexity index is 310. The van der Waals surface area contributed by atoms with E-state index < -0.39 is 0 Å². The van der Waals surface area contributed by atoms with E-state index in [0.29, 0.717) is 16.8 Å². The first-order valence-electron chi connectivity index (χ1n) is 5.59. The van der Waals surface area contributed by atoms with E-state index in [1.165, 1.54) is 32.1 Å². The molecule has 0 spiro atoms. The van der Waals surface area contributed by atoms with Crippen LogP contribution in [0.25, 0.3) is 0 Å². The van der Waals surface area contributed by atoms with Crippen LogP contribution in [-0.4, -0.2) is 11.6 Å². The van der Waals surface area contributed by atoms with Gasteiger partial charge in [0.1, 0.15) is 0 Å². The number of ether oxygens (including phenoxy) is 1. The van der Waals surface area contributed by atoms with Crippen LogP contribution in [-0.2, 0) is 0 Å². The number of aromatic nitrogens is 1. The third kappa shape index (κ3) is 3.38. The van der Waals surface area contributed by atoms with Crippen molar-refractivity contribution in [3.8, 4) is 5.88 Å². The van der Waals surface area contributed by atoms with Gasteiger partial charge in [0, 0.05) is 17.3 Å². The molecule has 82 valence electrons. The van der Waals surface area contributed by atoms with E-state index in [-0.39, 0.29) is 0 Å². The Morgan fingerprint density at radius 3 is 2.87 bits per heavy atom. The molecule has 1 fully saturated rings. The maximum atomic E-state index is 5.85. The summed E-state index contributed by atoms with van der Waals surface area (Å²) in [4.78, 5) is 4.12. The van der Waals surface area contributed by atoms with Crippen molar-refractivity contribution in [1.82, 2.24) is 4.98 Å². The summed E-state index contributed by atoms with van der Waals surface area (Å²) in [5.74, 6) is 1.35. The molecule has 0 unspecified atom stereocenters. The van der Waals surface area contributed by atoms with Gasteiger partial charge in [0.15, 0.2) is 0 Å². The Morgan fingerprint density at radius 2 is 2.13 bits per heavy atom. The second-order valence-electron chi connectivity index (χ2n) is 4.13. The van der Waals surface area contributed by atoms with Crippen molar-refractivity contribution >= 4 is 11.6 Å². The van der Waals surface area contributed by atoms with Gasteiger partial charge in [0.2, 0.25) is 5.88 Å². The fourth-order valence-corrected chi connectivity index (χ4v) is 2.17. The second-order valence-corrected chi connectivity index (χ2v) is 4.56. The van der Waals surface area contributed by atoms with Crippen LogP contribution in [0.4, 0.5) is 0 Å². The number of hydrogen-bond acceptors (Lipinski definition) is 2. The average molecular weight is 226 g/mol. The van der Waals surface area contributed by atoms with Crippen molar-refractivity contribution in [1.29, 1.82) is 0 Å². The number of halogens is 1. The van der Waals surface area contributed by atoms with E-state index in [0.717, 1.165) is 6.61 Å². The molecule has 3 heteroatoms. The lowest BCUT2D eigenvalue weighted by atomic mass is 9.90. The van der Waals surface area contributed by atoms with Crippen molar-refractivity contribution in [2.75, 3.05) is 6.61 Å². The highest BCUT2D eigenvalue weighted by Crippen LogP contribution is 2.24. The van der Waals surface area contributed by atoms with Crippen LogP contribution in [0, 0.1) is 5.92 Å².